The molecule has 1 aliphatic rings. The lowest BCUT2D eigenvalue weighted by atomic mass is 10.1. The smallest absolute Gasteiger partial charge is 0.239 e. The second-order valence-electron chi connectivity index (χ2n) is 5.62. The summed E-state index contributed by atoms with van der Waals surface area (Å²) in [5, 5.41) is 6.36. The SMILES string of the molecule is CC(C)(N)C(=O)NCCNC1CCCCCC1. The Balaban J connectivity index is 2.09. The van der Waals surface area contributed by atoms with Crippen molar-refractivity contribution in [2.24, 2.45) is 5.73 Å². The van der Waals surface area contributed by atoms with E-state index in [9.17, 15) is 4.79 Å². The van der Waals surface area contributed by atoms with Gasteiger partial charge in [-0.2, -0.15) is 0 Å². The molecular weight excluding hydrogens is 214 g/mol. The minimum atomic E-state index is -0.775. The van der Waals surface area contributed by atoms with Crippen LogP contribution in [0, 0.1) is 0 Å². The highest BCUT2D eigenvalue weighted by atomic mass is 16.2. The molecule has 17 heavy (non-hydrogen) atoms. The van der Waals surface area contributed by atoms with Gasteiger partial charge in [0.1, 0.15) is 0 Å². The first-order valence-electron chi connectivity index (χ1n) is 6.81. The third-order valence-corrected chi connectivity index (χ3v) is 3.28. The molecule has 4 N–H and O–H groups in total. The van der Waals surface area contributed by atoms with E-state index in [4.69, 9.17) is 5.73 Å². The van der Waals surface area contributed by atoms with Crippen molar-refractivity contribution in [3.05, 3.63) is 0 Å². The van der Waals surface area contributed by atoms with Gasteiger partial charge in [-0.15, -0.1) is 0 Å². The van der Waals surface area contributed by atoms with Crippen molar-refractivity contribution in [3.63, 3.8) is 0 Å². The van der Waals surface area contributed by atoms with Crippen molar-refractivity contribution in [3.8, 4) is 0 Å². The zero-order chi connectivity index (χ0) is 12.7. The van der Waals surface area contributed by atoms with Crippen LogP contribution in [0.3, 0.4) is 0 Å². The lowest BCUT2D eigenvalue weighted by Crippen LogP contribution is -2.50. The summed E-state index contributed by atoms with van der Waals surface area (Å²) < 4.78 is 0. The van der Waals surface area contributed by atoms with E-state index >= 15 is 0 Å². The van der Waals surface area contributed by atoms with Crippen molar-refractivity contribution in [1.29, 1.82) is 0 Å². The van der Waals surface area contributed by atoms with Crippen LogP contribution in [0.25, 0.3) is 0 Å². The van der Waals surface area contributed by atoms with E-state index < -0.39 is 5.54 Å². The maximum absolute atomic E-state index is 11.5. The van der Waals surface area contributed by atoms with Crippen LogP contribution in [-0.2, 0) is 4.79 Å². The highest BCUT2D eigenvalue weighted by Gasteiger charge is 2.20. The molecule has 1 rings (SSSR count). The Hall–Kier alpha value is -0.610. The second-order valence-corrected chi connectivity index (χ2v) is 5.62. The van der Waals surface area contributed by atoms with E-state index in [-0.39, 0.29) is 5.91 Å². The van der Waals surface area contributed by atoms with Gasteiger partial charge in [-0.05, 0) is 26.7 Å². The fourth-order valence-electron chi connectivity index (χ4n) is 2.16. The van der Waals surface area contributed by atoms with Crippen molar-refractivity contribution in [2.75, 3.05) is 13.1 Å². The molecule has 0 radical (unpaired) electrons. The van der Waals surface area contributed by atoms with E-state index in [0.29, 0.717) is 12.6 Å². The monoisotopic (exact) mass is 241 g/mol. The maximum Gasteiger partial charge on any atom is 0.239 e. The highest BCUT2D eigenvalue weighted by Crippen LogP contribution is 2.16. The Bertz CT molecular complexity index is 227. The summed E-state index contributed by atoms with van der Waals surface area (Å²) in [6.45, 7) is 4.95. The fourth-order valence-corrected chi connectivity index (χ4v) is 2.16. The standard InChI is InChI=1S/C13H27N3O/c1-13(2,14)12(17)16-10-9-15-11-7-5-3-4-6-8-11/h11,15H,3-10,14H2,1-2H3,(H,16,17). The Morgan fingerprint density at radius 2 is 1.76 bits per heavy atom. The summed E-state index contributed by atoms with van der Waals surface area (Å²) in [4.78, 5) is 11.5. The quantitative estimate of drug-likeness (QED) is 0.500. The van der Waals surface area contributed by atoms with Gasteiger partial charge in [0.05, 0.1) is 5.54 Å². The minimum Gasteiger partial charge on any atom is -0.353 e. The molecular formula is C13H27N3O. The van der Waals surface area contributed by atoms with E-state index in [2.05, 4.69) is 10.6 Å². The molecule has 4 heteroatoms. The molecule has 100 valence electrons. The molecule has 0 spiro atoms. The molecule has 0 saturated heterocycles. The van der Waals surface area contributed by atoms with Gasteiger partial charge in [0.2, 0.25) is 5.91 Å². The number of hydrogen-bond acceptors (Lipinski definition) is 3. The summed E-state index contributed by atoms with van der Waals surface area (Å²) in [6, 6.07) is 0.639. The summed E-state index contributed by atoms with van der Waals surface area (Å²) in [5.41, 5.74) is 4.92. The van der Waals surface area contributed by atoms with Gasteiger partial charge >= 0.3 is 0 Å². The van der Waals surface area contributed by atoms with Crippen LogP contribution in [0.4, 0.5) is 0 Å². The Morgan fingerprint density at radius 1 is 1.18 bits per heavy atom. The van der Waals surface area contributed by atoms with Gasteiger partial charge in [-0.1, -0.05) is 25.7 Å². The number of hydrogen-bond donors (Lipinski definition) is 3. The molecule has 0 aromatic rings. The topological polar surface area (TPSA) is 67.2 Å². The number of nitrogens with two attached hydrogens (primary N) is 1. The highest BCUT2D eigenvalue weighted by molar-refractivity contribution is 5.84. The van der Waals surface area contributed by atoms with Gasteiger partial charge in [0, 0.05) is 19.1 Å². The Kier molecular flexibility index (Phi) is 5.92. The molecule has 0 bridgehead atoms. The summed E-state index contributed by atoms with van der Waals surface area (Å²) >= 11 is 0. The van der Waals surface area contributed by atoms with Crippen molar-refractivity contribution in [1.82, 2.24) is 10.6 Å². The number of carbonyl (C=O) groups is 1. The van der Waals surface area contributed by atoms with E-state index in [1.807, 2.05) is 0 Å². The van der Waals surface area contributed by atoms with Crippen LogP contribution in [0.15, 0.2) is 0 Å². The first-order chi connectivity index (χ1) is 8.00. The van der Waals surface area contributed by atoms with E-state index in [1.165, 1.54) is 38.5 Å². The molecule has 0 aromatic heterocycles. The Morgan fingerprint density at radius 3 is 2.29 bits per heavy atom. The first kappa shape index (κ1) is 14.5. The first-order valence-corrected chi connectivity index (χ1v) is 6.81. The molecule has 4 nitrogen and oxygen atoms in total. The molecule has 0 aliphatic heterocycles. The van der Waals surface area contributed by atoms with Crippen LogP contribution < -0.4 is 16.4 Å². The zero-order valence-electron chi connectivity index (χ0n) is 11.2. The van der Waals surface area contributed by atoms with Crippen LogP contribution in [0.1, 0.15) is 52.4 Å². The number of amides is 1. The largest absolute Gasteiger partial charge is 0.353 e. The Labute approximate surface area is 105 Å². The molecule has 0 atom stereocenters. The fraction of sp³-hybridized carbons (Fsp3) is 0.923. The molecule has 0 heterocycles. The second kappa shape index (κ2) is 6.97. The molecule has 1 fully saturated rings. The predicted molar refractivity (Wildman–Crippen MR) is 70.8 cm³/mol. The maximum atomic E-state index is 11.5. The van der Waals surface area contributed by atoms with E-state index in [1.54, 1.807) is 13.8 Å². The van der Waals surface area contributed by atoms with Crippen LogP contribution >= 0.6 is 0 Å². The van der Waals surface area contributed by atoms with Crippen molar-refractivity contribution < 1.29 is 4.79 Å². The van der Waals surface area contributed by atoms with Crippen molar-refractivity contribution in [2.45, 2.75) is 64.0 Å². The average Bonchev–Trinajstić information content (AvgIpc) is 2.51. The van der Waals surface area contributed by atoms with Gasteiger partial charge in [-0.25, -0.2) is 0 Å². The van der Waals surface area contributed by atoms with Crippen molar-refractivity contribution >= 4 is 5.91 Å². The van der Waals surface area contributed by atoms with Gasteiger partial charge in [0.25, 0.3) is 0 Å². The van der Waals surface area contributed by atoms with Crippen LogP contribution in [0.2, 0.25) is 0 Å². The van der Waals surface area contributed by atoms with E-state index in [0.717, 1.165) is 6.54 Å². The van der Waals surface area contributed by atoms with Gasteiger partial charge < -0.3 is 16.4 Å². The number of nitrogens with one attached hydrogen (secondary N) is 2. The van der Waals surface area contributed by atoms with Crippen LogP contribution in [-0.4, -0.2) is 30.6 Å². The third-order valence-electron chi connectivity index (χ3n) is 3.28. The van der Waals surface area contributed by atoms with Gasteiger partial charge in [-0.3, -0.25) is 4.79 Å². The number of rotatable bonds is 5. The average molecular weight is 241 g/mol. The molecule has 1 aliphatic carbocycles. The van der Waals surface area contributed by atoms with Gasteiger partial charge in [0.15, 0.2) is 0 Å². The molecule has 1 saturated carbocycles. The third kappa shape index (κ3) is 6.03. The summed E-state index contributed by atoms with van der Waals surface area (Å²) in [6.07, 6.45) is 7.96. The normalized spacial score (nSPS) is 18.8. The molecule has 1 amide bonds. The predicted octanol–water partition coefficient (Wildman–Crippen LogP) is 1.15. The summed E-state index contributed by atoms with van der Waals surface area (Å²) in [7, 11) is 0. The number of carbonyl (C=O) groups excluding carboxylic acids is 1. The van der Waals surface area contributed by atoms with Crippen LogP contribution in [0.5, 0.6) is 0 Å². The zero-order valence-corrected chi connectivity index (χ0v) is 11.2. The minimum absolute atomic E-state index is 0.0832. The molecule has 0 aromatic carbocycles. The summed E-state index contributed by atoms with van der Waals surface area (Å²) in [5.74, 6) is -0.0832. The molecule has 0 unspecified atom stereocenters. The lowest BCUT2D eigenvalue weighted by Gasteiger charge is -2.19. The lowest BCUT2D eigenvalue weighted by molar-refractivity contribution is -0.125.